The molecule has 0 saturated heterocycles. The van der Waals surface area contributed by atoms with E-state index in [0.29, 0.717) is 17.2 Å². The molecule has 3 N–H and O–H groups in total. The number of para-hydroxylation sites is 2. The van der Waals surface area contributed by atoms with Crippen LogP contribution in [0.2, 0.25) is 0 Å². The molecule has 1 heterocycles. The molecule has 5 rings (SSSR count). The average molecular weight is 520 g/mol. The molecule has 4 aromatic carbocycles. The summed E-state index contributed by atoms with van der Waals surface area (Å²) in [5.74, 6) is 1.14. The monoisotopic (exact) mass is 519 g/mol. The minimum absolute atomic E-state index is 0.145. The molecule has 5 aromatic rings. The van der Waals surface area contributed by atoms with Gasteiger partial charge < -0.3 is 15.4 Å². The van der Waals surface area contributed by atoms with E-state index in [1.54, 1.807) is 12.1 Å². The molecule has 7 heteroatoms. The van der Waals surface area contributed by atoms with Gasteiger partial charge in [-0.3, -0.25) is 4.79 Å². The van der Waals surface area contributed by atoms with Crippen molar-refractivity contribution in [1.82, 2.24) is 9.97 Å². The molecule has 6 nitrogen and oxygen atoms in total. The summed E-state index contributed by atoms with van der Waals surface area (Å²) in [7, 11) is 0. The van der Waals surface area contributed by atoms with Crippen molar-refractivity contribution in [2.24, 2.45) is 0 Å². The van der Waals surface area contributed by atoms with Gasteiger partial charge in [0.25, 0.3) is 5.91 Å². The predicted octanol–water partition coefficient (Wildman–Crippen LogP) is 7.87. The maximum Gasteiger partial charge on any atom is 0.255 e. The smallest absolute Gasteiger partial charge is 0.255 e. The molecular weight excluding hydrogens is 490 g/mol. The summed E-state index contributed by atoms with van der Waals surface area (Å²) in [5, 5.41) is 6.47. The summed E-state index contributed by atoms with van der Waals surface area (Å²) >= 11 is 1.42. The Morgan fingerprint density at radius 2 is 1.37 bits per heavy atom. The minimum Gasteiger partial charge on any atom is -0.337 e. The van der Waals surface area contributed by atoms with E-state index in [4.69, 9.17) is 9.97 Å². The van der Waals surface area contributed by atoms with Crippen molar-refractivity contribution in [2.45, 2.75) is 31.6 Å². The Bertz CT molecular complexity index is 1550. The lowest BCUT2D eigenvalue weighted by atomic mass is 10.1. The van der Waals surface area contributed by atoms with E-state index < -0.39 is 0 Å². The number of aryl methyl sites for hydroxylation is 2. The van der Waals surface area contributed by atoms with Crippen LogP contribution in [0.15, 0.2) is 102 Å². The third-order valence-electron chi connectivity index (χ3n) is 6.10. The van der Waals surface area contributed by atoms with Gasteiger partial charge in [0.05, 0.1) is 11.0 Å². The highest BCUT2D eigenvalue weighted by molar-refractivity contribution is 8.00. The van der Waals surface area contributed by atoms with Crippen molar-refractivity contribution < 1.29 is 4.79 Å². The average Bonchev–Trinajstić information content (AvgIpc) is 2.96. The molecular formula is C31H29N5OS. The first-order valence-corrected chi connectivity index (χ1v) is 13.5. The van der Waals surface area contributed by atoms with Gasteiger partial charge in [0, 0.05) is 21.8 Å². The Morgan fingerprint density at radius 3 is 2.05 bits per heavy atom. The van der Waals surface area contributed by atoms with Crippen LogP contribution >= 0.6 is 11.9 Å². The Kier molecular flexibility index (Phi) is 7.85. The van der Waals surface area contributed by atoms with E-state index in [2.05, 4.69) is 47.4 Å². The topological polar surface area (TPSA) is 78.9 Å². The van der Waals surface area contributed by atoms with Gasteiger partial charge in [0.2, 0.25) is 0 Å². The minimum atomic E-state index is -0.145. The summed E-state index contributed by atoms with van der Waals surface area (Å²) in [4.78, 5) is 23.2. The Labute approximate surface area is 227 Å². The van der Waals surface area contributed by atoms with Crippen LogP contribution in [-0.2, 0) is 12.8 Å². The molecule has 1 aromatic heterocycles. The van der Waals surface area contributed by atoms with Crippen LogP contribution in [0.25, 0.3) is 11.0 Å². The highest BCUT2D eigenvalue weighted by Crippen LogP contribution is 2.30. The largest absolute Gasteiger partial charge is 0.337 e. The lowest BCUT2D eigenvalue weighted by Crippen LogP contribution is -2.11. The summed E-state index contributed by atoms with van der Waals surface area (Å²) in [6.45, 7) is 4.32. The van der Waals surface area contributed by atoms with Crippen molar-refractivity contribution in [1.29, 1.82) is 0 Å². The van der Waals surface area contributed by atoms with Gasteiger partial charge in [-0.15, -0.1) is 0 Å². The quantitative estimate of drug-likeness (QED) is 0.172. The second kappa shape index (κ2) is 11.8. The van der Waals surface area contributed by atoms with Gasteiger partial charge >= 0.3 is 0 Å². The molecule has 0 aliphatic carbocycles. The molecule has 0 aliphatic heterocycles. The lowest BCUT2D eigenvalue weighted by molar-refractivity contribution is 0.102. The van der Waals surface area contributed by atoms with Crippen LogP contribution in [0.1, 0.15) is 35.3 Å². The molecule has 0 atom stereocenters. The number of carbonyl (C=O) groups is 1. The van der Waals surface area contributed by atoms with E-state index >= 15 is 0 Å². The van der Waals surface area contributed by atoms with Gasteiger partial charge in [0.1, 0.15) is 0 Å². The maximum atomic E-state index is 12.6. The van der Waals surface area contributed by atoms with Crippen molar-refractivity contribution in [3.8, 4) is 0 Å². The Balaban J connectivity index is 1.38. The van der Waals surface area contributed by atoms with Crippen molar-refractivity contribution >= 4 is 51.9 Å². The SMILES string of the molecule is CCc1cc(CC)cc(Nc2nc3ccccc3nc2NSc2cccc(NC(=O)c3ccccc3)c2)c1. The fourth-order valence-electron chi connectivity index (χ4n) is 4.08. The molecule has 0 bridgehead atoms. The highest BCUT2D eigenvalue weighted by Gasteiger charge is 2.12. The number of hydrogen-bond donors (Lipinski definition) is 3. The Morgan fingerprint density at radius 1 is 0.711 bits per heavy atom. The van der Waals surface area contributed by atoms with E-state index in [-0.39, 0.29) is 5.91 Å². The summed E-state index contributed by atoms with van der Waals surface area (Å²) < 4.78 is 3.38. The van der Waals surface area contributed by atoms with E-state index in [1.807, 2.05) is 66.7 Å². The second-order valence-corrected chi connectivity index (χ2v) is 9.71. The standard InChI is InChI=1S/C31H29N5OS/c1-3-21-17-22(4-2)19-25(18-21)32-29-30(35-28-16-9-8-15-27(28)34-29)36-38-26-14-10-13-24(20-26)33-31(37)23-11-6-5-7-12-23/h5-20H,3-4H2,1-2H3,(H,32,34)(H,33,37)(H,35,36). The van der Waals surface area contributed by atoms with E-state index in [0.717, 1.165) is 40.1 Å². The number of carbonyl (C=O) groups excluding carboxylic acids is 1. The second-order valence-electron chi connectivity index (χ2n) is 8.83. The van der Waals surface area contributed by atoms with Gasteiger partial charge in [-0.25, -0.2) is 9.97 Å². The van der Waals surface area contributed by atoms with Crippen LogP contribution in [-0.4, -0.2) is 15.9 Å². The van der Waals surface area contributed by atoms with Crippen LogP contribution in [0.3, 0.4) is 0 Å². The summed E-state index contributed by atoms with van der Waals surface area (Å²) in [6, 6.07) is 31.3. The van der Waals surface area contributed by atoms with Crippen LogP contribution < -0.4 is 15.4 Å². The normalized spacial score (nSPS) is 10.8. The molecule has 1 amide bonds. The first kappa shape index (κ1) is 25.3. The summed E-state index contributed by atoms with van der Waals surface area (Å²) in [5.41, 5.74) is 6.50. The van der Waals surface area contributed by atoms with Gasteiger partial charge in [-0.05, 0) is 90.5 Å². The third-order valence-corrected chi connectivity index (χ3v) is 6.88. The number of rotatable bonds is 9. The zero-order valence-corrected chi connectivity index (χ0v) is 22.2. The summed E-state index contributed by atoms with van der Waals surface area (Å²) in [6.07, 6.45) is 1.92. The third kappa shape index (κ3) is 6.12. The molecule has 0 aliphatic rings. The van der Waals surface area contributed by atoms with Crippen LogP contribution in [0, 0.1) is 0 Å². The van der Waals surface area contributed by atoms with Gasteiger partial charge in [-0.2, -0.15) is 0 Å². The molecule has 0 fully saturated rings. The Hall–Kier alpha value is -4.36. The lowest BCUT2D eigenvalue weighted by Gasteiger charge is -2.15. The van der Waals surface area contributed by atoms with Crippen molar-refractivity contribution in [2.75, 3.05) is 15.4 Å². The maximum absolute atomic E-state index is 12.6. The van der Waals surface area contributed by atoms with Crippen LogP contribution in [0.4, 0.5) is 23.0 Å². The number of benzene rings is 4. The fraction of sp³-hybridized carbons (Fsp3) is 0.129. The number of anilines is 4. The first-order valence-electron chi connectivity index (χ1n) is 12.7. The first-order chi connectivity index (χ1) is 18.6. The zero-order valence-electron chi connectivity index (χ0n) is 21.4. The van der Waals surface area contributed by atoms with Crippen molar-refractivity contribution in [3.05, 3.63) is 114 Å². The zero-order chi connectivity index (χ0) is 26.3. The predicted molar refractivity (Wildman–Crippen MR) is 158 cm³/mol. The van der Waals surface area contributed by atoms with E-state index in [1.165, 1.54) is 23.1 Å². The molecule has 190 valence electrons. The molecule has 0 saturated carbocycles. The fourth-order valence-corrected chi connectivity index (χ4v) is 4.76. The van der Waals surface area contributed by atoms with E-state index in [9.17, 15) is 4.79 Å². The van der Waals surface area contributed by atoms with Crippen LogP contribution in [0.5, 0.6) is 0 Å². The molecule has 0 unspecified atom stereocenters. The molecule has 0 radical (unpaired) electrons. The number of nitrogens with zero attached hydrogens (tertiary/aromatic N) is 2. The number of aromatic nitrogens is 2. The number of hydrogen-bond acceptors (Lipinski definition) is 6. The number of amides is 1. The highest BCUT2D eigenvalue weighted by atomic mass is 32.2. The van der Waals surface area contributed by atoms with Gasteiger partial charge in [0.15, 0.2) is 11.6 Å². The van der Waals surface area contributed by atoms with Gasteiger partial charge in [-0.1, -0.05) is 56.3 Å². The number of nitrogens with one attached hydrogen (secondary N) is 3. The molecule has 0 spiro atoms. The van der Waals surface area contributed by atoms with Crippen molar-refractivity contribution in [3.63, 3.8) is 0 Å². The number of fused-ring (bicyclic) bond motifs is 1. The molecule has 38 heavy (non-hydrogen) atoms.